The van der Waals surface area contributed by atoms with E-state index < -0.39 is 0 Å². The van der Waals surface area contributed by atoms with Crippen molar-refractivity contribution in [3.8, 4) is 0 Å². The summed E-state index contributed by atoms with van der Waals surface area (Å²) in [7, 11) is 0. The van der Waals surface area contributed by atoms with Crippen molar-refractivity contribution in [2.75, 3.05) is 6.54 Å². The maximum Gasteiger partial charge on any atom is 0.223 e. The molecule has 13 heavy (non-hydrogen) atoms. The van der Waals surface area contributed by atoms with Gasteiger partial charge in [0.1, 0.15) is 0 Å². The standard InChI is InChI=1S/C9H18N2OS/c1-6(2)7(3)9(12)11-5-4-8(10)13/h6-7H,4-5H2,1-3H3,(H2,10,13)(H,11,12). The monoisotopic (exact) mass is 202 g/mol. The van der Waals surface area contributed by atoms with E-state index in [1.54, 1.807) is 0 Å². The van der Waals surface area contributed by atoms with Crippen LogP contribution in [0, 0.1) is 11.8 Å². The van der Waals surface area contributed by atoms with E-state index in [9.17, 15) is 4.79 Å². The molecule has 0 aromatic heterocycles. The molecular formula is C9H18N2OS. The predicted octanol–water partition coefficient (Wildman–Crippen LogP) is 1.07. The Morgan fingerprint density at radius 3 is 2.38 bits per heavy atom. The molecule has 1 amide bonds. The van der Waals surface area contributed by atoms with Crippen LogP contribution in [-0.2, 0) is 4.79 Å². The molecule has 0 radical (unpaired) electrons. The zero-order valence-corrected chi connectivity index (χ0v) is 9.28. The van der Waals surface area contributed by atoms with Gasteiger partial charge in [-0.25, -0.2) is 0 Å². The van der Waals surface area contributed by atoms with Gasteiger partial charge in [0.15, 0.2) is 0 Å². The molecule has 0 aromatic carbocycles. The Morgan fingerprint density at radius 1 is 1.46 bits per heavy atom. The molecule has 0 rings (SSSR count). The van der Waals surface area contributed by atoms with E-state index in [1.807, 2.05) is 20.8 Å². The molecule has 0 bridgehead atoms. The summed E-state index contributed by atoms with van der Waals surface area (Å²) in [6.07, 6.45) is 0.575. The van der Waals surface area contributed by atoms with Crippen LogP contribution in [0.2, 0.25) is 0 Å². The fourth-order valence-electron chi connectivity index (χ4n) is 0.773. The Bertz CT molecular complexity index is 192. The second kappa shape index (κ2) is 5.91. The Balaban J connectivity index is 3.68. The van der Waals surface area contributed by atoms with E-state index >= 15 is 0 Å². The summed E-state index contributed by atoms with van der Waals surface area (Å²) < 4.78 is 0. The van der Waals surface area contributed by atoms with E-state index in [2.05, 4.69) is 5.32 Å². The normalized spacial score (nSPS) is 12.6. The van der Waals surface area contributed by atoms with Crippen LogP contribution in [0.4, 0.5) is 0 Å². The zero-order valence-electron chi connectivity index (χ0n) is 8.46. The van der Waals surface area contributed by atoms with Gasteiger partial charge in [-0.15, -0.1) is 0 Å². The second-order valence-electron chi connectivity index (χ2n) is 3.54. The van der Waals surface area contributed by atoms with Crippen LogP contribution < -0.4 is 11.1 Å². The third-order valence-corrected chi connectivity index (χ3v) is 2.29. The fourth-order valence-corrected chi connectivity index (χ4v) is 0.875. The number of carbonyl (C=O) groups is 1. The minimum absolute atomic E-state index is 0.0475. The number of carbonyl (C=O) groups excluding carboxylic acids is 1. The lowest BCUT2D eigenvalue weighted by atomic mass is 9.97. The Kier molecular flexibility index (Phi) is 5.62. The molecule has 3 nitrogen and oxygen atoms in total. The molecule has 3 N–H and O–H groups in total. The lowest BCUT2D eigenvalue weighted by Crippen LogP contribution is -2.33. The first kappa shape index (κ1) is 12.4. The van der Waals surface area contributed by atoms with Gasteiger partial charge in [-0.2, -0.15) is 0 Å². The first-order valence-corrected chi connectivity index (χ1v) is 4.92. The van der Waals surface area contributed by atoms with Gasteiger partial charge in [-0.1, -0.05) is 33.0 Å². The first-order chi connectivity index (χ1) is 5.95. The number of amides is 1. The van der Waals surface area contributed by atoms with Crippen LogP contribution in [0.5, 0.6) is 0 Å². The molecule has 0 spiro atoms. The van der Waals surface area contributed by atoms with E-state index in [-0.39, 0.29) is 11.8 Å². The van der Waals surface area contributed by atoms with Crippen molar-refractivity contribution in [1.82, 2.24) is 5.32 Å². The summed E-state index contributed by atoms with van der Waals surface area (Å²) in [6, 6.07) is 0. The lowest BCUT2D eigenvalue weighted by Gasteiger charge is -2.14. The largest absolute Gasteiger partial charge is 0.393 e. The highest BCUT2D eigenvalue weighted by molar-refractivity contribution is 7.80. The van der Waals surface area contributed by atoms with Gasteiger partial charge >= 0.3 is 0 Å². The Hall–Kier alpha value is -0.640. The number of hydrogen-bond acceptors (Lipinski definition) is 2. The quantitative estimate of drug-likeness (QED) is 0.656. The van der Waals surface area contributed by atoms with Crippen molar-refractivity contribution in [2.45, 2.75) is 27.2 Å². The summed E-state index contributed by atoms with van der Waals surface area (Å²) in [5.74, 6) is 0.488. The number of rotatable bonds is 5. The molecular weight excluding hydrogens is 184 g/mol. The fraction of sp³-hybridized carbons (Fsp3) is 0.778. The van der Waals surface area contributed by atoms with E-state index in [4.69, 9.17) is 18.0 Å². The number of hydrogen-bond donors (Lipinski definition) is 2. The van der Waals surface area contributed by atoms with Gasteiger partial charge in [0.2, 0.25) is 5.91 Å². The van der Waals surface area contributed by atoms with Gasteiger partial charge in [0.05, 0.1) is 4.99 Å². The molecule has 0 heterocycles. The highest BCUT2D eigenvalue weighted by Crippen LogP contribution is 2.08. The Labute approximate surface area is 85.1 Å². The third kappa shape index (κ3) is 5.58. The maximum absolute atomic E-state index is 11.4. The molecule has 0 aliphatic heterocycles. The summed E-state index contributed by atoms with van der Waals surface area (Å²) in [6.45, 7) is 6.52. The average Bonchev–Trinajstić information content (AvgIpc) is 2.02. The first-order valence-electron chi connectivity index (χ1n) is 4.51. The van der Waals surface area contributed by atoms with Crippen molar-refractivity contribution in [1.29, 1.82) is 0 Å². The highest BCUT2D eigenvalue weighted by atomic mass is 32.1. The molecule has 0 saturated carbocycles. The third-order valence-electron chi connectivity index (χ3n) is 2.08. The average molecular weight is 202 g/mol. The van der Waals surface area contributed by atoms with E-state index in [0.29, 0.717) is 23.9 Å². The number of nitrogens with two attached hydrogens (primary N) is 1. The van der Waals surface area contributed by atoms with Crippen LogP contribution in [0.15, 0.2) is 0 Å². The molecule has 0 aromatic rings. The molecule has 0 aliphatic rings. The molecule has 76 valence electrons. The van der Waals surface area contributed by atoms with E-state index in [1.165, 1.54) is 0 Å². The summed E-state index contributed by atoms with van der Waals surface area (Å²) in [4.78, 5) is 11.8. The van der Waals surface area contributed by atoms with Crippen molar-refractivity contribution < 1.29 is 4.79 Å². The smallest absolute Gasteiger partial charge is 0.223 e. The zero-order chi connectivity index (χ0) is 10.4. The predicted molar refractivity (Wildman–Crippen MR) is 58.4 cm³/mol. The summed E-state index contributed by atoms with van der Waals surface area (Å²) in [5, 5.41) is 2.79. The minimum atomic E-state index is 0.0475. The van der Waals surface area contributed by atoms with Crippen LogP contribution in [0.1, 0.15) is 27.2 Å². The SMILES string of the molecule is CC(C)C(C)C(=O)NCCC(N)=S. The van der Waals surface area contributed by atoms with Crippen LogP contribution >= 0.6 is 12.2 Å². The number of thiocarbonyl (C=S) groups is 1. The molecule has 1 unspecified atom stereocenters. The second-order valence-corrected chi connectivity index (χ2v) is 4.06. The maximum atomic E-state index is 11.4. The minimum Gasteiger partial charge on any atom is -0.393 e. The van der Waals surface area contributed by atoms with Crippen LogP contribution in [0.25, 0.3) is 0 Å². The highest BCUT2D eigenvalue weighted by Gasteiger charge is 2.15. The molecule has 4 heteroatoms. The van der Waals surface area contributed by atoms with Gasteiger partial charge in [0.25, 0.3) is 0 Å². The van der Waals surface area contributed by atoms with E-state index in [0.717, 1.165) is 0 Å². The topological polar surface area (TPSA) is 55.1 Å². The van der Waals surface area contributed by atoms with Crippen molar-refractivity contribution in [3.63, 3.8) is 0 Å². The molecule has 0 aliphatic carbocycles. The molecule has 1 atom stereocenters. The summed E-state index contributed by atoms with van der Waals surface area (Å²) in [5.41, 5.74) is 5.29. The van der Waals surface area contributed by atoms with Crippen LogP contribution in [0.3, 0.4) is 0 Å². The lowest BCUT2D eigenvalue weighted by molar-refractivity contribution is -0.125. The number of nitrogens with one attached hydrogen (secondary N) is 1. The van der Waals surface area contributed by atoms with Crippen molar-refractivity contribution >= 4 is 23.1 Å². The van der Waals surface area contributed by atoms with Gasteiger partial charge < -0.3 is 11.1 Å². The Morgan fingerprint density at radius 2 is 2.00 bits per heavy atom. The molecule has 0 saturated heterocycles. The van der Waals surface area contributed by atoms with Gasteiger partial charge in [-0.05, 0) is 5.92 Å². The summed E-state index contributed by atoms with van der Waals surface area (Å²) >= 11 is 4.69. The molecule has 0 fully saturated rings. The van der Waals surface area contributed by atoms with Crippen molar-refractivity contribution in [3.05, 3.63) is 0 Å². The van der Waals surface area contributed by atoms with Gasteiger partial charge in [-0.3, -0.25) is 4.79 Å². The van der Waals surface area contributed by atoms with Gasteiger partial charge in [0, 0.05) is 18.9 Å². The van der Waals surface area contributed by atoms with Crippen molar-refractivity contribution in [2.24, 2.45) is 17.6 Å². The van der Waals surface area contributed by atoms with Crippen LogP contribution in [-0.4, -0.2) is 17.4 Å².